The van der Waals surface area contributed by atoms with Crippen LogP contribution in [0.25, 0.3) is 5.69 Å². The van der Waals surface area contributed by atoms with Crippen molar-refractivity contribution in [3.63, 3.8) is 0 Å². The number of carbonyl (C=O) groups excluding carboxylic acids is 1. The molecule has 154 valence electrons. The van der Waals surface area contributed by atoms with E-state index in [9.17, 15) is 9.59 Å². The second-order valence-electron chi connectivity index (χ2n) is 7.18. The minimum absolute atomic E-state index is 0.196. The van der Waals surface area contributed by atoms with Crippen molar-refractivity contribution in [2.75, 3.05) is 25.1 Å². The van der Waals surface area contributed by atoms with Gasteiger partial charge in [-0.25, -0.2) is 0 Å². The molecule has 1 fully saturated rings. The second-order valence-corrected chi connectivity index (χ2v) is 7.18. The van der Waals surface area contributed by atoms with Gasteiger partial charge in [-0.3, -0.25) is 9.59 Å². The topological polar surface area (TPSA) is 76.5 Å². The molecule has 0 unspecified atom stereocenters. The van der Waals surface area contributed by atoms with Crippen LogP contribution >= 0.6 is 0 Å². The fourth-order valence-electron chi connectivity index (χ4n) is 3.58. The van der Waals surface area contributed by atoms with Crippen LogP contribution in [0.4, 0.5) is 5.82 Å². The summed E-state index contributed by atoms with van der Waals surface area (Å²) in [5.41, 5.74) is 1.84. The highest BCUT2D eigenvalue weighted by atomic mass is 16.5. The summed E-state index contributed by atoms with van der Waals surface area (Å²) in [6.45, 7) is 2.27. The Morgan fingerprint density at radius 3 is 2.50 bits per heavy atom. The first kappa shape index (κ1) is 19.7. The monoisotopic (exact) mass is 404 g/mol. The van der Waals surface area contributed by atoms with Crippen molar-refractivity contribution in [2.45, 2.75) is 19.4 Å². The van der Waals surface area contributed by atoms with Crippen molar-refractivity contribution < 1.29 is 9.53 Å². The molecule has 2 aromatic carbocycles. The number of para-hydroxylation sites is 1. The van der Waals surface area contributed by atoms with Gasteiger partial charge in [0.15, 0.2) is 0 Å². The first-order valence-corrected chi connectivity index (χ1v) is 10.0. The van der Waals surface area contributed by atoms with Crippen molar-refractivity contribution in [3.8, 4) is 11.4 Å². The Morgan fingerprint density at radius 2 is 1.77 bits per heavy atom. The van der Waals surface area contributed by atoms with Crippen LogP contribution in [0.1, 0.15) is 28.8 Å². The average molecular weight is 404 g/mol. The molecule has 0 aliphatic carbocycles. The van der Waals surface area contributed by atoms with E-state index in [4.69, 9.17) is 4.74 Å². The van der Waals surface area contributed by atoms with Crippen LogP contribution in [0.5, 0.6) is 5.75 Å². The first-order valence-electron chi connectivity index (χ1n) is 10.0. The molecular weight excluding hydrogens is 380 g/mol. The fourth-order valence-corrected chi connectivity index (χ4v) is 3.58. The van der Waals surface area contributed by atoms with Crippen molar-refractivity contribution in [1.82, 2.24) is 15.1 Å². The summed E-state index contributed by atoms with van der Waals surface area (Å²) in [6.07, 6.45) is 2.28. The highest BCUT2D eigenvalue weighted by Crippen LogP contribution is 2.18. The van der Waals surface area contributed by atoms with Gasteiger partial charge < -0.3 is 15.0 Å². The molecule has 1 saturated heterocycles. The lowest BCUT2D eigenvalue weighted by molar-refractivity contribution is 0.0950. The number of methoxy groups -OCH3 is 1. The second kappa shape index (κ2) is 8.82. The first-order chi connectivity index (χ1) is 14.7. The molecule has 3 aromatic rings. The van der Waals surface area contributed by atoms with Gasteiger partial charge in [-0.2, -0.15) is 4.68 Å². The molecule has 30 heavy (non-hydrogen) atoms. The van der Waals surface area contributed by atoms with Crippen molar-refractivity contribution in [3.05, 3.63) is 82.1 Å². The summed E-state index contributed by atoms with van der Waals surface area (Å²) in [4.78, 5) is 27.0. The Bertz CT molecular complexity index is 1090. The summed E-state index contributed by atoms with van der Waals surface area (Å²) < 4.78 is 6.69. The summed E-state index contributed by atoms with van der Waals surface area (Å²) in [5, 5.41) is 7.41. The molecular formula is C23H24N4O3. The third kappa shape index (κ3) is 4.20. The molecule has 2 heterocycles. The van der Waals surface area contributed by atoms with E-state index in [0.29, 0.717) is 17.8 Å². The maximum absolute atomic E-state index is 12.5. The molecule has 0 bridgehead atoms. The Morgan fingerprint density at radius 1 is 1.03 bits per heavy atom. The highest BCUT2D eigenvalue weighted by molar-refractivity contribution is 5.94. The van der Waals surface area contributed by atoms with E-state index in [2.05, 4.69) is 15.3 Å². The number of rotatable bonds is 6. The maximum atomic E-state index is 12.5. The highest BCUT2D eigenvalue weighted by Gasteiger charge is 2.15. The standard InChI is InChI=1S/C23H24N4O3/c1-30-20-7-3-2-6-18(20)16-24-23(29)17-8-10-19(11-9-17)27-22(28)13-12-21(25-27)26-14-4-5-15-26/h2-3,6-13H,4-5,14-16H2,1H3,(H,24,29). The number of ether oxygens (including phenoxy) is 1. The Balaban J connectivity index is 1.48. The lowest BCUT2D eigenvalue weighted by Crippen LogP contribution is -2.26. The predicted molar refractivity (Wildman–Crippen MR) is 115 cm³/mol. The number of amides is 1. The van der Waals surface area contributed by atoms with Gasteiger partial charge >= 0.3 is 0 Å². The van der Waals surface area contributed by atoms with Crippen LogP contribution in [0, 0.1) is 0 Å². The third-order valence-corrected chi connectivity index (χ3v) is 5.22. The molecule has 1 aliphatic rings. The van der Waals surface area contributed by atoms with Gasteiger partial charge in [-0.05, 0) is 49.2 Å². The normalized spacial score (nSPS) is 13.3. The summed E-state index contributed by atoms with van der Waals surface area (Å²) in [6, 6.07) is 17.7. The average Bonchev–Trinajstić information content (AvgIpc) is 3.33. The van der Waals surface area contributed by atoms with E-state index in [-0.39, 0.29) is 11.5 Å². The molecule has 0 atom stereocenters. The van der Waals surface area contributed by atoms with Crippen molar-refractivity contribution in [1.29, 1.82) is 0 Å². The molecule has 7 heteroatoms. The number of aromatic nitrogens is 2. The lowest BCUT2D eigenvalue weighted by Gasteiger charge is -2.17. The molecule has 1 aromatic heterocycles. The van der Waals surface area contributed by atoms with Gasteiger partial charge in [0, 0.05) is 36.8 Å². The fraction of sp³-hybridized carbons (Fsp3) is 0.261. The number of hydrogen-bond donors (Lipinski definition) is 1. The molecule has 1 amide bonds. The van der Waals surface area contributed by atoms with E-state index in [1.807, 2.05) is 24.3 Å². The van der Waals surface area contributed by atoms with Gasteiger partial charge in [-0.15, -0.1) is 5.10 Å². The van der Waals surface area contributed by atoms with Gasteiger partial charge in [0.2, 0.25) is 0 Å². The van der Waals surface area contributed by atoms with E-state index in [1.54, 1.807) is 37.4 Å². The van der Waals surface area contributed by atoms with E-state index in [1.165, 1.54) is 10.7 Å². The number of benzene rings is 2. The lowest BCUT2D eigenvalue weighted by atomic mass is 10.1. The predicted octanol–water partition coefficient (Wildman–Crippen LogP) is 2.77. The van der Waals surface area contributed by atoms with E-state index >= 15 is 0 Å². The Hall–Kier alpha value is -3.61. The van der Waals surface area contributed by atoms with Crippen LogP contribution < -0.4 is 20.5 Å². The Labute approximate surface area is 174 Å². The quantitative estimate of drug-likeness (QED) is 0.684. The summed E-state index contributed by atoms with van der Waals surface area (Å²) in [7, 11) is 1.61. The minimum Gasteiger partial charge on any atom is -0.496 e. The zero-order valence-corrected chi connectivity index (χ0v) is 16.9. The van der Waals surface area contributed by atoms with Gasteiger partial charge in [0.25, 0.3) is 11.5 Å². The van der Waals surface area contributed by atoms with Crippen LogP contribution in [-0.2, 0) is 6.54 Å². The Kier molecular flexibility index (Phi) is 5.79. The maximum Gasteiger partial charge on any atom is 0.271 e. The zero-order chi connectivity index (χ0) is 20.9. The molecule has 0 saturated carbocycles. The zero-order valence-electron chi connectivity index (χ0n) is 16.9. The smallest absolute Gasteiger partial charge is 0.271 e. The molecule has 0 radical (unpaired) electrons. The van der Waals surface area contributed by atoms with Gasteiger partial charge in [-0.1, -0.05) is 18.2 Å². The molecule has 7 nitrogen and oxygen atoms in total. The summed E-state index contributed by atoms with van der Waals surface area (Å²) >= 11 is 0. The molecule has 1 aliphatic heterocycles. The minimum atomic E-state index is -0.202. The number of nitrogens with one attached hydrogen (secondary N) is 1. The molecule has 0 spiro atoms. The van der Waals surface area contributed by atoms with Crippen molar-refractivity contribution in [2.24, 2.45) is 0 Å². The van der Waals surface area contributed by atoms with Crippen molar-refractivity contribution >= 4 is 11.7 Å². The van der Waals surface area contributed by atoms with E-state index < -0.39 is 0 Å². The number of anilines is 1. The number of nitrogens with zero attached hydrogens (tertiary/aromatic N) is 3. The SMILES string of the molecule is COc1ccccc1CNC(=O)c1ccc(-n2nc(N3CCCC3)ccc2=O)cc1. The summed E-state index contributed by atoms with van der Waals surface area (Å²) in [5.74, 6) is 1.33. The molecule has 4 rings (SSSR count). The van der Waals surface area contributed by atoms with Crippen LogP contribution in [0.3, 0.4) is 0 Å². The largest absolute Gasteiger partial charge is 0.496 e. The van der Waals surface area contributed by atoms with Crippen LogP contribution in [-0.4, -0.2) is 35.9 Å². The van der Waals surface area contributed by atoms with Crippen LogP contribution in [0.2, 0.25) is 0 Å². The van der Waals surface area contributed by atoms with Crippen LogP contribution in [0.15, 0.2) is 65.5 Å². The number of hydrogen-bond acceptors (Lipinski definition) is 5. The third-order valence-electron chi connectivity index (χ3n) is 5.22. The van der Waals surface area contributed by atoms with Gasteiger partial charge in [0.05, 0.1) is 12.8 Å². The number of carbonyl (C=O) groups is 1. The molecule has 1 N–H and O–H groups in total. The van der Waals surface area contributed by atoms with Gasteiger partial charge in [0.1, 0.15) is 11.6 Å². The van der Waals surface area contributed by atoms with E-state index in [0.717, 1.165) is 43.1 Å².